The Bertz CT molecular complexity index is 1670. The zero-order valence-electron chi connectivity index (χ0n) is 20.2. The van der Waals surface area contributed by atoms with E-state index < -0.39 is 11.8 Å². The maximum Gasteiger partial charge on any atom is 0.573 e. The second-order valence-corrected chi connectivity index (χ2v) is 9.03. The number of aromatic amines is 2. The van der Waals surface area contributed by atoms with E-state index in [1.165, 1.54) is 6.07 Å². The minimum atomic E-state index is -4.86. The number of hydrogen-bond acceptors (Lipinski definition) is 1. The highest BCUT2D eigenvalue weighted by Crippen LogP contribution is 2.52. The number of H-pyrrole nitrogens is 2. The van der Waals surface area contributed by atoms with Gasteiger partial charge < -0.3 is 14.7 Å². The molecule has 2 N–H and O–H groups in total. The Morgan fingerprint density at radius 2 is 1.29 bits per heavy atom. The number of rotatable bonds is 6. The number of aromatic nitrogens is 2. The van der Waals surface area contributed by atoms with Gasteiger partial charge in [0.15, 0.2) is 0 Å². The summed E-state index contributed by atoms with van der Waals surface area (Å²) in [5, 5.41) is 0.967. The van der Waals surface area contributed by atoms with Crippen molar-refractivity contribution in [3.8, 4) is 16.9 Å². The molecule has 38 heavy (non-hydrogen) atoms. The maximum absolute atomic E-state index is 13.7. The molecule has 0 spiro atoms. The Morgan fingerprint density at radius 1 is 0.632 bits per heavy atom. The van der Waals surface area contributed by atoms with Crippen LogP contribution in [-0.2, 0) is 5.41 Å². The van der Waals surface area contributed by atoms with E-state index in [1.807, 2.05) is 97.1 Å². The van der Waals surface area contributed by atoms with Gasteiger partial charge in [0, 0.05) is 39.6 Å². The fourth-order valence-corrected chi connectivity index (χ4v) is 5.44. The summed E-state index contributed by atoms with van der Waals surface area (Å²) in [6.07, 6.45) is -3.08. The summed E-state index contributed by atoms with van der Waals surface area (Å²) < 4.78 is 45.9. The van der Waals surface area contributed by atoms with Gasteiger partial charge in [-0.05, 0) is 35.4 Å². The van der Waals surface area contributed by atoms with E-state index in [1.54, 1.807) is 24.4 Å². The Kier molecular flexibility index (Phi) is 5.80. The zero-order valence-corrected chi connectivity index (χ0v) is 20.2. The van der Waals surface area contributed by atoms with Crippen molar-refractivity contribution < 1.29 is 17.9 Å². The summed E-state index contributed by atoms with van der Waals surface area (Å²) in [5.41, 5.74) is 4.09. The lowest BCUT2D eigenvalue weighted by Crippen LogP contribution is -2.34. The molecule has 0 aliphatic heterocycles. The first kappa shape index (κ1) is 23.7. The topological polar surface area (TPSA) is 40.8 Å². The fourth-order valence-electron chi connectivity index (χ4n) is 5.44. The first-order chi connectivity index (χ1) is 18.5. The molecule has 1 unspecified atom stereocenters. The third kappa shape index (κ3) is 3.95. The Hall–Kier alpha value is -4.71. The molecule has 0 saturated carbocycles. The zero-order chi connectivity index (χ0) is 26.2. The summed E-state index contributed by atoms with van der Waals surface area (Å²) >= 11 is 0. The van der Waals surface area contributed by atoms with Gasteiger partial charge in [0.2, 0.25) is 0 Å². The van der Waals surface area contributed by atoms with Crippen LogP contribution in [0.4, 0.5) is 13.2 Å². The normalized spacial score (nSPS) is 13.3. The first-order valence-electron chi connectivity index (χ1n) is 12.2. The molecule has 6 aromatic rings. The van der Waals surface area contributed by atoms with Gasteiger partial charge in [-0.25, -0.2) is 0 Å². The van der Waals surface area contributed by atoms with Crippen LogP contribution in [0.3, 0.4) is 0 Å². The summed E-state index contributed by atoms with van der Waals surface area (Å²) in [4.78, 5) is 6.95. The van der Waals surface area contributed by atoms with Gasteiger partial charge in [-0.1, -0.05) is 97.1 Å². The number of ether oxygens (including phenoxy) is 1. The molecule has 0 saturated heterocycles. The van der Waals surface area contributed by atoms with Crippen LogP contribution < -0.4 is 4.74 Å². The number of nitrogens with one attached hydrogen (secondary N) is 2. The van der Waals surface area contributed by atoms with E-state index in [0.29, 0.717) is 11.3 Å². The molecule has 2 aromatic heterocycles. The smallest absolute Gasteiger partial charge is 0.405 e. The molecule has 3 nitrogen and oxygen atoms in total. The van der Waals surface area contributed by atoms with Crippen LogP contribution in [0.25, 0.3) is 22.0 Å². The standard InChI is InChI=1S/C32H23F3N2O/c33-32(34,35)38-27-19-10-8-17-25(27)31(28-20-11-21-36-28,23-14-5-2-6-15-23)30-29(22-12-3-1-4-13-22)24-16-7-9-18-26(24)37-30/h1-21,36-37H. The van der Waals surface area contributed by atoms with Gasteiger partial charge in [-0.15, -0.1) is 13.2 Å². The molecule has 4 aromatic carbocycles. The number of halogens is 3. The van der Waals surface area contributed by atoms with Crippen molar-refractivity contribution in [3.05, 3.63) is 150 Å². The van der Waals surface area contributed by atoms with E-state index >= 15 is 0 Å². The summed E-state index contributed by atoms with van der Waals surface area (Å²) in [6.45, 7) is 0. The Labute approximate surface area is 217 Å². The average molecular weight is 509 g/mol. The van der Waals surface area contributed by atoms with Crippen molar-refractivity contribution >= 4 is 10.9 Å². The van der Waals surface area contributed by atoms with Crippen LogP contribution in [0.2, 0.25) is 0 Å². The molecular formula is C32H23F3N2O. The van der Waals surface area contributed by atoms with Gasteiger partial charge >= 0.3 is 6.36 Å². The van der Waals surface area contributed by atoms with E-state index in [0.717, 1.165) is 33.3 Å². The molecule has 1 atom stereocenters. The van der Waals surface area contributed by atoms with Crippen LogP contribution in [0, 0.1) is 0 Å². The third-order valence-electron chi connectivity index (χ3n) is 6.87. The van der Waals surface area contributed by atoms with Crippen molar-refractivity contribution in [3.63, 3.8) is 0 Å². The van der Waals surface area contributed by atoms with Crippen molar-refractivity contribution in [1.82, 2.24) is 9.97 Å². The van der Waals surface area contributed by atoms with Crippen molar-refractivity contribution in [2.24, 2.45) is 0 Å². The Balaban J connectivity index is 1.82. The highest BCUT2D eigenvalue weighted by atomic mass is 19.4. The predicted molar refractivity (Wildman–Crippen MR) is 143 cm³/mol. The second kappa shape index (κ2) is 9.30. The van der Waals surface area contributed by atoms with E-state index in [4.69, 9.17) is 0 Å². The summed E-state index contributed by atoms with van der Waals surface area (Å²) in [6, 6.07) is 37.5. The van der Waals surface area contributed by atoms with Gasteiger partial charge in [0.1, 0.15) is 11.2 Å². The lowest BCUT2D eigenvalue weighted by molar-refractivity contribution is -0.275. The molecule has 2 heterocycles. The molecule has 0 aliphatic rings. The number of alkyl halides is 3. The highest BCUT2D eigenvalue weighted by Gasteiger charge is 2.46. The van der Waals surface area contributed by atoms with E-state index in [2.05, 4.69) is 14.7 Å². The first-order valence-corrected chi connectivity index (χ1v) is 12.2. The Morgan fingerprint density at radius 3 is 2.00 bits per heavy atom. The van der Waals surface area contributed by atoms with Crippen molar-refractivity contribution in [2.75, 3.05) is 0 Å². The van der Waals surface area contributed by atoms with Crippen molar-refractivity contribution in [1.29, 1.82) is 0 Å². The number of para-hydroxylation sites is 2. The minimum absolute atomic E-state index is 0.267. The quantitative estimate of drug-likeness (QED) is 0.233. The molecule has 0 fully saturated rings. The van der Waals surface area contributed by atoms with Gasteiger partial charge in [0.05, 0.1) is 0 Å². The molecule has 6 heteroatoms. The average Bonchev–Trinajstić information content (AvgIpc) is 3.60. The molecule has 0 aliphatic carbocycles. The summed E-state index contributed by atoms with van der Waals surface area (Å²) in [5.74, 6) is -0.267. The van der Waals surface area contributed by atoms with Crippen LogP contribution >= 0.6 is 0 Å². The minimum Gasteiger partial charge on any atom is -0.405 e. The number of hydrogen-bond donors (Lipinski definition) is 2. The fraction of sp³-hybridized carbons (Fsp3) is 0.0625. The number of benzene rings is 4. The molecule has 0 radical (unpaired) electrons. The molecule has 0 bridgehead atoms. The van der Waals surface area contributed by atoms with Crippen molar-refractivity contribution in [2.45, 2.75) is 11.8 Å². The maximum atomic E-state index is 13.7. The van der Waals surface area contributed by atoms with Crippen LogP contribution in [-0.4, -0.2) is 16.3 Å². The van der Waals surface area contributed by atoms with Gasteiger partial charge in [0.25, 0.3) is 0 Å². The lowest BCUT2D eigenvalue weighted by Gasteiger charge is -2.36. The SMILES string of the molecule is FC(F)(F)Oc1ccccc1C(c1ccccc1)(c1ccc[nH]1)c1[nH]c2ccccc2c1-c1ccccc1. The van der Waals surface area contributed by atoms with Gasteiger partial charge in [-0.2, -0.15) is 0 Å². The predicted octanol–water partition coefficient (Wildman–Crippen LogP) is 8.44. The third-order valence-corrected chi connectivity index (χ3v) is 6.87. The van der Waals surface area contributed by atoms with Crippen LogP contribution in [0.5, 0.6) is 5.75 Å². The molecule has 6 rings (SSSR count). The molecular weight excluding hydrogens is 485 g/mol. The summed E-state index contributed by atoms with van der Waals surface area (Å²) in [7, 11) is 0. The van der Waals surface area contributed by atoms with E-state index in [-0.39, 0.29) is 5.75 Å². The van der Waals surface area contributed by atoms with E-state index in [9.17, 15) is 13.2 Å². The van der Waals surface area contributed by atoms with Crippen LogP contribution in [0.1, 0.15) is 22.5 Å². The highest BCUT2D eigenvalue weighted by molar-refractivity contribution is 5.99. The molecule has 188 valence electrons. The monoisotopic (exact) mass is 508 g/mol. The van der Waals surface area contributed by atoms with Gasteiger partial charge in [-0.3, -0.25) is 0 Å². The lowest BCUT2D eigenvalue weighted by atomic mass is 9.67. The largest absolute Gasteiger partial charge is 0.573 e. The number of fused-ring (bicyclic) bond motifs is 1. The molecule has 0 amide bonds. The second-order valence-electron chi connectivity index (χ2n) is 9.03. The van der Waals surface area contributed by atoms with Crippen LogP contribution in [0.15, 0.2) is 128 Å².